The smallest absolute Gasteiger partial charge is 0.223 e. The molecule has 4 heteroatoms. The molecular weight excluding hydrogens is 206 g/mol. The molecule has 0 atom stereocenters. The minimum Gasteiger partial charge on any atom is -0.354 e. The maximum Gasteiger partial charge on any atom is 0.223 e. The maximum absolute atomic E-state index is 4.47. The first-order valence-corrected chi connectivity index (χ1v) is 6.46. The van der Waals surface area contributed by atoms with Crippen LogP contribution >= 0.6 is 11.8 Å². The highest BCUT2D eigenvalue weighted by atomic mass is 32.2. The zero-order valence-electron chi connectivity index (χ0n) is 9.71. The second kappa shape index (κ2) is 6.67. The third kappa shape index (κ3) is 4.08. The van der Waals surface area contributed by atoms with E-state index < -0.39 is 0 Å². The van der Waals surface area contributed by atoms with Crippen LogP contribution in [0.2, 0.25) is 0 Å². The highest BCUT2D eigenvalue weighted by Gasteiger charge is 2.03. The van der Waals surface area contributed by atoms with Gasteiger partial charge in [-0.1, -0.05) is 13.3 Å². The van der Waals surface area contributed by atoms with Crippen LogP contribution in [-0.2, 0) is 0 Å². The van der Waals surface area contributed by atoms with Crippen LogP contribution in [-0.4, -0.2) is 22.3 Å². The van der Waals surface area contributed by atoms with Gasteiger partial charge in [0, 0.05) is 12.7 Å². The molecule has 84 valence electrons. The van der Waals surface area contributed by atoms with E-state index in [1.165, 1.54) is 12.8 Å². The predicted octanol–water partition coefficient (Wildman–Crippen LogP) is 3.11. The molecule has 0 fully saturated rings. The van der Waals surface area contributed by atoms with Gasteiger partial charge in [0.1, 0.15) is 5.03 Å². The lowest BCUT2D eigenvalue weighted by molar-refractivity contribution is 0.892. The summed E-state index contributed by atoms with van der Waals surface area (Å²) in [5.74, 6) is 1.88. The van der Waals surface area contributed by atoms with Crippen LogP contribution in [0.4, 0.5) is 5.95 Å². The molecule has 0 aliphatic heterocycles. The van der Waals surface area contributed by atoms with Gasteiger partial charge in [-0.25, -0.2) is 9.97 Å². The van der Waals surface area contributed by atoms with Gasteiger partial charge in [-0.15, -0.1) is 11.8 Å². The molecule has 0 unspecified atom stereocenters. The number of thioether (sulfide) groups is 1. The van der Waals surface area contributed by atoms with E-state index in [9.17, 15) is 0 Å². The standard InChI is InChI=1S/C11H19N3S/c1-4-6-7-15-10-9(3)8-13-11(14-10)12-5-2/h8H,4-7H2,1-3H3,(H,12,13,14). The van der Waals surface area contributed by atoms with E-state index in [2.05, 4.69) is 29.1 Å². The second-order valence-corrected chi connectivity index (χ2v) is 4.50. The van der Waals surface area contributed by atoms with Gasteiger partial charge in [0.2, 0.25) is 5.95 Å². The van der Waals surface area contributed by atoms with E-state index in [0.29, 0.717) is 0 Å². The first-order chi connectivity index (χ1) is 7.27. The van der Waals surface area contributed by atoms with E-state index >= 15 is 0 Å². The minimum atomic E-state index is 0.738. The molecule has 15 heavy (non-hydrogen) atoms. The largest absolute Gasteiger partial charge is 0.354 e. The first kappa shape index (κ1) is 12.3. The molecule has 3 nitrogen and oxygen atoms in total. The normalized spacial score (nSPS) is 10.3. The summed E-state index contributed by atoms with van der Waals surface area (Å²) < 4.78 is 0. The van der Waals surface area contributed by atoms with Crippen molar-refractivity contribution in [1.82, 2.24) is 9.97 Å². The quantitative estimate of drug-likeness (QED) is 0.458. The fraction of sp³-hybridized carbons (Fsp3) is 0.636. The zero-order chi connectivity index (χ0) is 11.1. The molecule has 1 aromatic heterocycles. The summed E-state index contributed by atoms with van der Waals surface area (Å²) in [6.45, 7) is 7.18. The molecule has 0 saturated carbocycles. The number of aryl methyl sites for hydroxylation is 1. The first-order valence-electron chi connectivity index (χ1n) is 5.48. The minimum absolute atomic E-state index is 0.738. The summed E-state index contributed by atoms with van der Waals surface area (Å²) in [6.07, 6.45) is 4.36. The summed E-state index contributed by atoms with van der Waals surface area (Å²) >= 11 is 1.82. The Morgan fingerprint density at radius 2 is 2.20 bits per heavy atom. The lowest BCUT2D eigenvalue weighted by atomic mass is 10.4. The molecule has 0 radical (unpaired) electrons. The van der Waals surface area contributed by atoms with Gasteiger partial charge < -0.3 is 5.32 Å². The van der Waals surface area contributed by atoms with Gasteiger partial charge in [-0.3, -0.25) is 0 Å². The maximum atomic E-state index is 4.47. The number of unbranched alkanes of at least 4 members (excludes halogenated alkanes) is 1. The van der Waals surface area contributed by atoms with Crippen molar-refractivity contribution in [2.75, 3.05) is 17.6 Å². The van der Waals surface area contributed by atoms with Crippen molar-refractivity contribution in [3.05, 3.63) is 11.8 Å². The monoisotopic (exact) mass is 225 g/mol. The van der Waals surface area contributed by atoms with Crippen molar-refractivity contribution >= 4 is 17.7 Å². The highest BCUT2D eigenvalue weighted by Crippen LogP contribution is 2.21. The molecular formula is C11H19N3S. The molecule has 0 aliphatic carbocycles. The van der Waals surface area contributed by atoms with Crippen LogP contribution in [0.25, 0.3) is 0 Å². The number of rotatable bonds is 6. The Kier molecular flexibility index (Phi) is 5.47. The van der Waals surface area contributed by atoms with E-state index in [1.54, 1.807) is 0 Å². The fourth-order valence-electron chi connectivity index (χ4n) is 1.13. The van der Waals surface area contributed by atoms with Crippen molar-refractivity contribution < 1.29 is 0 Å². The van der Waals surface area contributed by atoms with Crippen LogP contribution in [0.1, 0.15) is 32.3 Å². The number of hydrogen-bond donors (Lipinski definition) is 1. The topological polar surface area (TPSA) is 37.8 Å². The number of aromatic nitrogens is 2. The van der Waals surface area contributed by atoms with E-state index in [4.69, 9.17) is 0 Å². The number of anilines is 1. The molecule has 1 rings (SSSR count). The summed E-state index contributed by atoms with van der Waals surface area (Å²) in [6, 6.07) is 0. The van der Waals surface area contributed by atoms with Crippen molar-refractivity contribution in [2.45, 2.75) is 38.6 Å². The van der Waals surface area contributed by atoms with Crippen LogP contribution in [0, 0.1) is 6.92 Å². The van der Waals surface area contributed by atoms with Crippen molar-refractivity contribution in [3.63, 3.8) is 0 Å². The van der Waals surface area contributed by atoms with Gasteiger partial charge in [-0.2, -0.15) is 0 Å². The van der Waals surface area contributed by atoms with Gasteiger partial charge in [-0.05, 0) is 31.6 Å². The molecule has 0 amide bonds. The summed E-state index contributed by atoms with van der Waals surface area (Å²) in [5.41, 5.74) is 1.16. The van der Waals surface area contributed by atoms with Gasteiger partial charge in [0.15, 0.2) is 0 Å². The Balaban J connectivity index is 2.63. The number of nitrogens with one attached hydrogen (secondary N) is 1. The van der Waals surface area contributed by atoms with Gasteiger partial charge >= 0.3 is 0 Å². The number of nitrogens with zero attached hydrogens (tertiary/aromatic N) is 2. The highest BCUT2D eigenvalue weighted by molar-refractivity contribution is 7.99. The van der Waals surface area contributed by atoms with Crippen molar-refractivity contribution in [3.8, 4) is 0 Å². The molecule has 1 aromatic rings. The lowest BCUT2D eigenvalue weighted by Gasteiger charge is -2.06. The Morgan fingerprint density at radius 1 is 1.40 bits per heavy atom. The van der Waals surface area contributed by atoms with Gasteiger partial charge in [0.05, 0.1) is 0 Å². The molecule has 0 aromatic carbocycles. The molecule has 0 spiro atoms. The Bertz CT molecular complexity index is 302. The van der Waals surface area contributed by atoms with Crippen LogP contribution in [0.15, 0.2) is 11.2 Å². The average Bonchev–Trinajstić information content (AvgIpc) is 2.23. The third-order valence-electron chi connectivity index (χ3n) is 2.00. The molecule has 0 aliphatic rings. The zero-order valence-corrected chi connectivity index (χ0v) is 10.5. The molecule has 1 heterocycles. The summed E-state index contributed by atoms with van der Waals surface area (Å²) in [5, 5.41) is 4.24. The van der Waals surface area contributed by atoms with Crippen LogP contribution in [0.5, 0.6) is 0 Å². The van der Waals surface area contributed by atoms with E-state index in [0.717, 1.165) is 28.8 Å². The second-order valence-electron chi connectivity index (χ2n) is 3.41. The predicted molar refractivity (Wildman–Crippen MR) is 66.6 cm³/mol. The van der Waals surface area contributed by atoms with E-state index in [1.807, 2.05) is 24.9 Å². The van der Waals surface area contributed by atoms with Crippen molar-refractivity contribution in [2.24, 2.45) is 0 Å². The Morgan fingerprint density at radius 3 is 2.87 bits per heavy atom. The lowest BCUT2D eigenvalue weighted by Crippen LogP contribution is -2.03. The number of hydrogen-bond acceptors (Lipinski definition) is 4. The van der Waals surface area contributed by atoms with E-state index in [-0.39, 0.29) is 0 Å². The molecule has 1 N–H and O–H groups in total. The van der Waals surface area contributed by atoms with Crippen molar-refractivity contribution in [1.29, 1.82) is 0 Å². The fourth-order valence-corrected chi connectivity index (χ4v) is 2.19. The van der Waals surface area contributed by atoms with Gasteiger partial charge in [0.25, 0.3) is 0 Å². The average molecular weight is 225 g/mol. The molecule has 0 bridgehead atoms. The Labute approximate surface area is 96.1 Å². The molecule has 0 saturated heterocycles. The summed E-state index contributed by atoms with van der Waals surface area (Å²) in [7, 11) is 0. The SMILES string of the molecule is CCCCSc1nc(NCC)ncc1C. The summed E-state index contributed by atoms with van der Waals surface area (Å²) in [4.78, 5) is 8.70. The van der Waals surface area contributed by atoms with Crippen LogP contribution < -0.4 is 5.32 Å². The third-order valence-corrected chi connectivity index (χ3v) is 3.18. The van der Waals surface area contributed by atoms with Crippen LogP contribution in [0.3, 0.4) is 0 Å². The Hall–Kier alpha value is -0.770.